The van der Waals surface area contributed by atoms with Gasteiger partial charge in [0.1, 0.15) is 6.10 Å². The van der Waals surface area contributed by atoms with Crippen LogP contribution >= 0.6 is 0 Å². The van der Waals surface area contributed by atoms with Gasteiger partial charge in [0.25, 0.3) is 5.91 Å². The monoisotopic (exact) mass is 353 g/mol. The van der Waals surface area contributed by atoms with E-state index in [9.17, 15) is 9.90 Å². The van der Waals surface area contributed by atoms with Crippen LogP contribution in [0.2, 0.25) is 0 Å². The first-order valence-electron chi connectivity index (χ1n) is 9.11. The third-order valence-corrected chi connectivity index (χ3v) is 4.93. The van der Waals surface area contributed by atoms with Crippen molar-refractivity contribution in [2.24, 2.45) is 0 Å². The van der Waals surface area contributed by atoms with Crippen molar-refractivity contribution in [3.05, 3.63) is 71.3 Å². The quantitative estimate of drug-likeness (QED) is 0.918. The molecule has 1 N–H and O–H groups in total. The van der Waals surface area contributed by atoms with Crippen LogP contribution in [0.25, 0.3) is 0 Å². The standard InChI is InChI=1S/C22H27NO3/c1-22(2,3)18-11-9-17(10-12-18)21(25)23-13-14-26-19(15-24)20(23)16-7-5-4-6-8-16/h4-12,19-20,24H,13-15H2,1-3H3/t19-,20-/m1/s1. The molecule has 2 aromatic carbocycles. The average Bonchev–Trinajstić information content (AvgIpc) is 2.67. The number of benzene rings is 2. The van der Waals surface area contributed by atoms with Gasteiger partial charge in [0.15, 0.2) is 0 Å². The first kappa shape index (κ1) is 18.6. The lowest BCUT2D eigenvalue weighted by molar-refractivity contribution is -0.0811. The largest absolute Gasteiger partial charge is 0.394 e. The molecule has 0 radical (unpaired) electrons. The molecule has 0 spiro atoms. The molecule has 138 valence electrons. The molecule has 1 amide bonds. The van der Waals surface area contributed by atoms with Crippen LogP contribution in [0.3, 0.4) is 0 Å². The van der Waals surface area contributed by atoms with E-state index in [1.54, 1.807) is 0 Å². The lowest BCUT2D eigenvalue weighted by Gasteiger charge is -2.41. The van der Waals surface area contributed by atoms with Gasteiger partial charge in [-0.15, -0.1) is 0 Å². The summed E-state index contributed by atoms with van der Waals surface area (Å²) in [4.78, 5) is 15.0. The van der Waals surface area contributed by atoms with Crippen LogP contribution < -0.4 is 0 Å². The molecule has 1 aliphatic rings. The van der Waals surface area contributed by atoms with Crippen LogP contribution in [0.1, 0.15) is 48.3 Å². The van der Waals surface area contributed by atoms with Gasteiger partial charge in [0.2, 0.25) is 0 Å². The molecule has 0 aliphatic carbocycles. The number of hydrogen-bond acceptors (Lipinski definition) is 3. The Morgan fingerprint density at radius 1 is 1.12 bits per heavy atom. The van der Waals surface area contributed by atoms with Crippen LogP contribution in [0.4, 0.5) is 0 Å². The van der Waals surface area contributed by atoms with Gasteiger partial charge < -0.3 is 14.7 Å². The summed E-state index contributed by atoms with van der Waals surface area (Å²) < 4.78 is 5.73. The Morgan fingerprint density at radius 2 is 1.77 bits per heavy atom. The smallest absolute Gasteiger partial charge is 0.254 e. The van der Waals surface area contributed by atoms with Crippen molar-refractivity contribution in [1.82, 2.24) is 4.90 Å². The third kappa shape index (κ3) is 3.81. The van der Waals surface area contributed by atoms with Crippen molar-refractivity contribution in [3.63, 3.8) is 0 Å². The van der Waals surface area contributed by atoms with Gasteiger partial charge in [0, 0.05) is 12.1 Å². The summed E-state index contributed by atoms with van der Waals surface area (Å²) in [7, 11) is 0. The van der Waals surface area contributed by atoms with E-state index in [0.29, 0.717) is 18.7 Å². The number of ether oxygens (including phenoxy) is 1. The fraction of sp³-hybridized carbons (Fsp3) is 0.409. The normalized spacial score (nSPS) is 20.8. The van der Waals surface area contributed by atoms with E-state index >= 15 is 0 Å². The Bertz CT molecular complexity index is 734. The van der Waals surface area contributed by atoms with Crippen LogP contribution in [0.5, 0.6) is 0 Å². The minimum Gasteiger partial charge on any atom is -0.394 e. The van der Waals surface area contributed by atoms with E-state index in [0.717, 1.165) is 5.56 Å². The molecule has 2 aromatic rings. The highest BCUT2D eigenvalue weighted by molar-refractivity contribution is 5.94. The minimum absolute atomic E-state index is 0.0268. The topological polar surface area (TPSA) is 49.8 Å². The second-order valence-electron chi connectivity index (χ2n) is 7.77. The van der Waals surface area contributed by atoms with Crippen LogP contribution in [-0.4, -0.2) is 41.8 Å². The molecule has 3 rings (SSSR count). The second kappa shape index (κ2) is 7.60. The minimum atomic E-state index is -0.413. The highest BCUT2D eigenvalue weighted by Gasteiger charge is 2.36. The zero-order chi connectivity index (χ0) is 18.7. The van der Waals surface area contributed by atoms with E-state index in [1.165, 1.54) is 5.56 Å². The molecule has 0 unspecified atom stereocenters. The van der Waals surface area contributed by atoms with Crippen LogP contribution in [-0.2, 0) is 10.2 Å². The number of amides is 1. The first-order valence-corrected chi connectivity index (χ1v) is 9.11. The number of nitrogens with zero attached hydrogens (tertiary/aromatic N) is 1. The van der Waals surface area contributed by atoms with Gasteiger partial charge in [-0.2, -0.15) is 0 Å². The number of hydrogen-bond donors (Lipinski definition) is 1. The fourth-order valence-corrected chi connectivity index (χ4v) is 3.44. The highest BCUT2D eigenvalue weighted by Crippen LogP contribution is 2.31. The number of carbonyl (C=O) groups is 1. The van der Waals surface area contributed by atoms with Gasteiger partial charge in [-0.25, -0.2) is 0 Å². The average molecular weight is 353 g/mol. The molecule has 1 heterocycles. The molecule has 0 bridgehead atoms. The summed E-state index contributed by atoms with van der Waals surface area (Å²) >= 11 is 0. The summed E-state index contributed by atoms with van der Waals surface area (Å²) in [5.41, 5.74) is 2.89. The van der Waals surface area contributed by atoms with Crippen molar-refractivity contribution in [2.75, 3.05) is 19.8 Å². The molecule has 1 saturated heterocycles. The van der Waals surface area contributed by atoms with E-state index in [-0.39, 0.29) is 24.0 Å². The predicted molar refractivity (Wildman–Crippen MR) is 102 cm³/mol. The molecule has 4 heteroatoms. The molecule has 1 fully saturated rings. The highest BCUT2D eigenvalue weighted by atomic mass is 16.5. The molecule has 0 aromatic heterocycles. The van der Waals surface area contributed by atoms with Crippen molar-refractivity contribution < 1.29 is 14.6 Å². The summed E-state index contributed by atoms with van der Waals surface area (Å²) in [5.74, 6) is -0.0268. The van der Waals surface area contributed by atoms with Gasteiger partial charge in [-0.05, 0) is 28.7 Å². The van der Waals surface area contributed by atoms with Gasteiger partial charge >= 0.3 is 0 Å². The molecule has 2 atom stereocenters. The van der Waals surface area contributed by atoms with E-state index in [4.69, 9.17) is 4.74 Å². The number of aliphatic hydroxyl groups excluding tert-OH is 1. The summed E-state index contributed by atoms with van der Waals surface area (Å²) in [6.45, 7) is 7.29. The zero-order valence-electron chi connectivity index (χ0n) is 15.7. The SMILES string of the molecule is CC(C)(C)c1ccc(C(=O)N2CCO[C@H](CO)[C@H]2c2ccccc2)cc1. The Kier molecular flexibility index (Phi) is 5.44. The van der Waals surface area contributed by atoms with Crippen molar-refractivity contribution in [1.29, 1.82) is 0 Å². The van der Waals surface area contributed by atoms with E-state index < -0.39 is 6.10 Å². The van der Waals surface area contributed by atoms with Gasteiger partial charge in [0.05, 0.1) is 19.3 Å². The second-order valence-corrected chi connectivity index (χ2v) is 7.77. The molecule has 0 saturated carbocycles. The van der Waals surface area contributed by atoms with Gasteiger partial charge in [-0.3, -0.25) is 4.79 Å². The Hall–Kier alpha value is -2.17. The maximum atomic E-state index is 13.2. The van der Waals surface area contributed by atoms with Crippen molar-refractivity contribution in [3.8, 4) is 0 Å². The van der Waals surface area contributed by atoms with Crippen molar-refractivity contribution >= 4 is 5.91 Å². The number of morpholine rings is 1. The summed E-state index contributed by atoms with van der Waals surface area (Å²) in [6, 6.07) is 17.3. The molecular formula is C22H27NO3. The lowest BCUT2D eigenvalue weighted by atomic mass is 9.86. The zero-order valence-corrected chi connectivity index (χ0v) is 15.7. The summed E-state index contributed by atoms with van der Waals surface area (Å²) in [5, 5.41) is 9.76. The molecule has 4 nitrogen and oxygen atoms in total. The van der Waals surface area contributed by atoms with Crippen molar-refractivity contribution in [2.45, 2.75) is 38.3 Å². The third-order valence-electron chi connectivity index (χ3n) is 4.93. The number of aliphatic hydroxyl groups is 1. The lowest BCUT2D eigenvalue weighted by Crippen LogP contribution is -2.49. The van der Waals surface area contributed by atoms with Crippen LogP contribution in [0, 0.1) is 0 Å². The molecule has 1 aliphatic heterocycles. The number of carbonyl (C=O) groups excluding carboxylic acids is 1. The van der Waals surface area contributed by atoms with E-state index in [2.05, 4.69) is 20.8 Å². The Morgan fingerprint density at radius 3 is 2.35 bits per heavy atom. The summed E-state index contributed by atoms with van der Waals surface area (Å²) in [6.07, 6.45) is -0.413. The molecular weight excluding hydrogens is 326 g/mol. The predicted octanol–water partition coefficient (Wildman–Crippen LogP) is 3.56. The van der Waals surface area contributed by atoms with E-state index in [1.807, 2.05) is 59.5 Å². The fourth-order valence-electron chi connectivity index (χ4n) is 3.44. The Balaban J connectivity index is 1.90. The van der Waals surface area contributed by atoms with Gasteiger partial charge in [-0.1, -0.05) is 63.2 Å². The van der Waals surface area contributed by atoms with Crippen LogP contribution in [0.15, 0.2) is 54.6 Å². The first-order chi connectivity index (χ1) is 12.4. The maximum absolute atomic E-state index is 13.2. The maximum Gasteiger partial charge on any atom is 0.254 e. The number of rotatable bonds is 3. The molecule has 26 heavy (non-hydrogen) atoms. The Labute approximate surface area is 155 Å².